The molecule has 0 atom stereocenters. The van der Waals surface area contributed by atoms with Crippen molar-refractivity contribution < 1.29 is 13.2 Å². The van der Waals surface area contributed by atoms with Crippen LogP contribution in [0.15, 0.2) is 71.6 Å². The van der Waals surface area contributed by atoms with Crippen LogP contribution in [-0.2, 0) is 10.0 Å². The van der Waals surface area contributed by atoms with Gasteiger partial charge >= 0.3 is 0 Å². The van der Waals surface area contributed by atoms with E-state index in [2.05, 4.69) is 5.32 Å². The summed E-state index contributed by atoms with van der Waals surface area (Å²) in [5.74, 6) is -0.294. The van der Waals surface area contributed by atoms with Gasteiger partial charge in [0.05, 0.1) is 10.6 Å². The molecule has 3 rings (SSSR count). The zero-order chi connectivity index (χ0) is 21.2. The lowest BCUT2D eigenvalue weighted by molar-refractivity contribution is 0.102. The minimum Gasteiger partial charge on any atom is -0.322 e. The third-order valence-corrected chi connectivity index (χ3v) is 6.43. The molecule has 150 valence electrons. The minimum absolute atomic E-state index is 0.204. The smallest absolute Gasteiger partial charge is 0.264 e. The molecule has 0 aliphatic carbocycles. The number of carbonyl (C=O) groups excluding carboxylic acids is 1. The Balaban J connectivity index is 1.86. The van der Waals surface area contributed by atoms with Crippen molar-refractivity contribution in [1.82, 2.24) is 0 Å². The zero-order valence-corrected chi connectivity index (χ0v) is 17.7. The van der Waals surface area contributed by atoms with Crippen LogP contribution in [0.3, 0.4) is 0 Å². The second-order valence-electron chi connectivity index (χ2n) is 7.17. The van der Waals surface area contributed by atoms with Gasteiger partial charge < -0.3 is 5.32 Å². The number of benzene rings is 3. The van der Waals surface area contributed by atoms with Gasteiger partial charge in [-0.15, -0.1) is 0 Å². The average molecular weight is 409 g/mol. The molecule has 0 bridgehead atoms. The molecule has 6 heteroatoms. The maximum atomic E-state index is 12.9. The first-order chi connectivity index (χ1) is 13.7. The Bertz CT molecular complexity index is 1130. The first-order valence-electron chi connectivity index (χ1n) is 9.22. The van der Waals surface area contributed by atoms with Gasteiger partial charge in [-0.1, -0.05) is 29.8 Å². The van der Waals surface area contributed by atoms with Crippen LogP contribution < -0.4 is 9.62 Å². The summed E-state index contributed by atoms with van der Waals surface area (Å²) in [5, 5.41) is 2.88. The maximum absolute atomic E-state index is 12.9. The van der Waals surface area contributed by atoms with Gasteiger partial charge in [0.2, 0.25) is 0 Å². The Morgan fingerprint density at radius 1 is 0.828 bits per heavy atom. The standard InChI is InChI=1S/C23H24N2O3S/c1-16-8-10-22(11-9-16)29(27,28)25(4)21-7-5-6-19(15-21)23(26)24-20-13-17(2)12-18(3)14-20/h5-15H,1-4H3,(H,24,26). The predicted octanol–water partition coefficient (Wildman–Crippen LogP) is 4.69. The highest BCUT2D eigenvalue weighted by molar-refractivity contribution is 7.92. The third-order valence-electron chi connectivity index (χ3n) is 4.63. The normalized spacial score (nSPS) is 11.2. The number of nitrogens with one attached hydrogen (secondary N) is 1. The lowest BCUT2D eigenvalue weighted by Gasteiger charge is -2.20. The van der Waals surface area contributed by atoms with Crippen molar-refractivity contribution in [3.63, 3.8) is 0 Å². The van der Waals surface area contributed by atoms with Crippen molar-refractivity contribution in [2.45, 2.75) is 25.7 Å². The molecule has 0 unspecified atom stereocenters. The van der Waals surface area contributed by atoms with Gasteiger partial charge in [-0.25, -0.2) is 8.42 Å². The number of nitrogens with zero attached hydrogens (tertiary/aromatic N) is 1. The van der Waals surface area contributed by atoms with Crippen molar-refractivity contribution >= 4 is 27.3 Å². The quantitative estimate of drug-likeness (QED) is 0.666. The van der Waals surface area contributed by atoms with E-state index in [1.807, 2.05) is 39.0 Å². The largest absolute Gasteiger partial charge is 0.322 e. The monoisotopic (exact) mass is 408 g/mol. The van der Waals surface area contributed by atoms with E-state index in [0.29, 0.717) is 16.9 Å². The molecule has 0 spiro atoms. The van der Waals surface area contributed by atoms with Gasteiger partial charge in [-0.2, -0.15) is 0 Å². The second kappa shape index (κ2) is 8.09. The first-order valence-corrected chi connectivity index (χ1v) is 10.7. The van der Waals surface area contributed by atoms with Gasteiger partial charge in [0.15, 0.2) is 0 Å². The molecule has 29 heavy (non-hydrogen) atoms. The van der Waals surface area contributed by atoms with Crippen molar-refractivity contribution in [1.29, 1.82) is 0 Å². The summed E-state index contributed by atoms with van der Waals surface area (Å²) in [5.41, 5.74) is 4.59. The number of aryl methyl sites for hydroxylation is 3. The molecular formula is C23H24N2O3S. The summed E-state index contributed by atoms with van der Waals surface area (Å²) in [6.07, 6.45) is 0. The van der Waals surface area contributed by atoms with Crippen LogP contribution >= 0.6 is 0 Å². The van der Waals surface area contributed by atoms with Crippen LogP contribution in [0.2, 0.25) is 0 Å². The highest BCUT2D eigenvalue weighted by Crippen LogP contribution is 2.24. The van der Waals surface area contributed by atoms with Crippen molar-refractivity contribution in [2.24, 2.45) is 0 Å². The van der Waals surface area contributed by atoms with E-state index in [0.717, 1.165) is 16.7 Å². The fourth-order valence-corrected chi connectivity index (χ4v) is 4.29. The minimum atomic E-state index is -3.72. The molecule has 1 amide bonds. The fraction of sp³-hybridized carbons (Fsp3) is 0.174. The van der Waals surface area contributed by atoms with E-state index < -0.39 is 10.0 Å². The number of hydrogen-bond acceptors (Lipinski definition) is 3. The summed E-state index contributed by atoms with van der Waals surface area (Å²) in [6, 6.07) is 19.1. The number of sulfonamides is 1. The Morgan fingerprint density at radius 2 is 1.45 bits per heavy atom. The van der Waals surface area contributed by atoms with E-state index in [9.17, 15) is 13.2 Å². The van der Waals surface area contributed by atoms with E-state index in [1.165, 1.54) is 11.4 Å². The van der Waals surface area contributed by atoms with Crippen LogP contribution in [0.1, 0.15) is 27.0 Å². The summed E-state index contributed by atoms with van der Waals surface area (Å²) >= 11 is 0. The average Bonchev–Trinajstić information content (AvgIpc) is 2.67. The molecule has 0 saturated heterocycles. The molecule has 0 heterocycles. The highest BCUT2D eigenvalue weighted by atomic mass is 32.2. The Labute approximate surface area is 172 Å². The fourth-order valence-electron chi connectivity index (χ4n) is 3.10. The van der Waals surface area contributed by atoms with Crippen LogP contribution in [0, 0.1) is 20.8 Å². The Hall–Kier alpha value is -3.12. The molecule has 3 aromatic carbocycles. The number of anilines is 2. The maximum Gasteiger partial charge on any atom is 0.264 e. The van der Waals surface area contributed by atoms with Gasteiger partial charge in [0.25, 0.3) is 15.9 Å². The number of hydrogen-bond donors (Lipinski definition) is 1. The van der Waals surface area contributed by atoms with E-state index >= 15 is 0 Å². The van der Waals surface area contributed by atoms with Gasteiger partial charge in [0, 0.05) is 18.3 Å². The molecule has 0 saturated carbocycles. The summed E-state index contributed by atoms with van der Waals surface area (Å²) in [4.78, 5) is 12.9. The third kappa shape index (κ3) is 4.66. The summed E-state index contributed by atoms with van der Waals surface area (Å²) < 4.78 is 27.0. The number of rotatable bonds is 5. The lowest BCUT2D eigenvalue weighted by atomic mass is 10.1. The SMILES string of the molecule is Cc1ccc(S(=O)(=O)N(C)c2cccc(C(=O)Nc3cc(C)cc(C)c3)c2)cc1. The predicted molar refractivity (Wildman–Crippen MR) is 117 cm³/mol. The molecule has 1 N–H and O–H groups in total. The molecule has 5 nitrogen and oxygen atoms in total. The lowest BCUT2D eigenvalue weighted by Crippen LogP contribution is -2.27. The van der Waals surface area contributed by atoms with E-state index in [-0.39, 0.29) is 10.8 Å². The van der Waals surface area contributed by atoms with Gasteiger partial charge in [-0.05, 0) is 74.4 Å². The van der Waals surface area contributed by atoms with Gasteiger partial charge in [0.1, 0.15) is 0 Å². The van der Waals surface area contributed by atoms with Crippen molar-refractivity contribution in [3.05, 3.63) is 89.0 Å². The Kier molecular flexibility index (Phi) is 5.75. The first kappa shape index (κ1) is 20.6. The molecule has 0 aliphatic rings. The van der Waals surface area contributed by atoms with Crippen LogP contribution in [0.25, 0.3) is 0 Å². The zero-order valence-electron chi connectivity index (χ0n) is 16.9. The second-order valence-corrected chi connectivity index (χ2v) is 9.14. The van der Waals surface area contributed by atoms with Crippen molar-refractivity contribution in [2.75, 3.05) is 16.7 Å². The van der Waals surface area contributed by atoms with E-state index in [4.69, 9.17) is 0 Å². The van der Waals surface area contributed by atoms with E-state index in [1.54, 1.807) is 48.5 Å². The summed E-state index contributed by atoms with van der Waals surface area (Å²) in [7, 11) is -2.24. The molecule has 0 aliphatic heterocycles. The number of carbonyl (C=O) groups is 1. The summed E-state index contributed by atoms with van der Waals surface area (Å²) in [6.45, 7) is 5.83. The molecular weight excluding hydrogens is 384 g/mol. The highest BCUT2D eigenvalue weighted by Gasteiger charge is 2.22. The molecule has 0 fully saturated rings. The van der Waals surface area contributed by atoms with Crippen LogP contribution in [0.5, 0.6) is 0 Å². The Morgan fingerprint density at radius 3 is 2.07 bits per heavy atom. The van der Waals surface area contributed by atoms with Crippen LogP contribution in [0.4, 0.5) is 11.4 Å². The molecule has 0 radical (unpaired) electrons. The topological polar surface area (TPSA) is 66.5 Å². The van der Waals surface area contributed by atoms with Gasteiger partial charge in [-0.3, -0.25) is 9.10 Å². The number of amides is 1. The van der Waals surface area contributed by atoms with Crippen molar-refractivity contribution in [3.8, 4) is 0 Å². The molecule has 0 aromatic heterocycles. The van der Waals surface area contributed by atoms with Crippen LogP contribution in [-0.4, -0.2) is 21.4 Å². The molecule has 3 aromatic rings.